The molecule has 3 rings (SSSR count). The van der Waals surface area contributed by atoms with Crippen molar-refractivity contribution in [3.8, 4) is 0 Å². The molecule has 0 saturated carbocycles. The lowest BCUT2D eigenvalue weighted by atomic mass is 10.00. The van der Waals surface area contributed by atoms with Crippen molar-refractivity contribution in [2.75, 3.05) is 20.2 Å². The van der Waals surface area contributed by atoms with E-state index >= 15 is 0 Å². The van der Waals surface area contributed by atoms with Gasteiger partial charge in [0.25, 0.3) is 5.91 Å². The zero-order valence-electron chi connectivity index (χ0n) is 14.6. The molecule has 1 aromatic carbocycles. The number of benzene rings is 1. The number of hydrogen-bond donors (Lipinski definition) is 0. The molecule has 134 valence electrons. The molecule has 1 atom stereocenters. The minimum absolute atomic E-state index is 0.148. The molecule has 0 radical (unpaired) electrons. The lowest BCUT2D eigenvalue weighted by molar-refractivity contribution is -0.147. The van der Waals surface area contributed by atoms with Crippen LogP contribution in [-0.2, 0) is 20.9 Å². The van der Waals surface area contributed by atoms with E-state index in [4.69, 9.17) is 4.74 Å². The summed E-state index contributed by atoms with van der Waals surface area (Å²) in [4.78, 5) is 40.1. The van der Waals surface area contributed by atoms with Gasteiger partial charge in [0.2, 0.25) is 5.91 Å². The number of nitrogens with zero attached hydrogens (tertiary/aromatic N) is 2. The number of amides is 2. The molecular weight excluding hydrogens is 320 g/mol. The van der Waals surface area contributed by atoms with Gasteiger partial charge in [-0.1, -0.05) is 12.1 Å². The number of ether oxygens (including phenoxy) is 1. The Bertz CT molecular complexity index is 673. The fraction of sp³-hybridized carbons (Fsp3) is 0.526. The molecule has 2 amide bonds. The number of piperidine rings is 1. The Morgan fingerprint density at radius 1 is 1.20 bits per heavy atom. The van der Waals surface area contributed by atoms with E-state index in [0.29, 0.717) is 31.5 Å². The Hall–Kier alpha value is -2.37. The summed E-state index contributed by atoms with van der Waals surface area (Å²) in [7, 11) is 1.35. The van der Waals surface area contributed by atoms with E-state index in [-0.39, 0.29) is 17.8 Å². The van der Waals surface area contributed by atoms with Gasteiger partial charge in [-0.05, 0) is 43.4 Å². The number of rotatable bonds is 4. The second-order valence-electron chi connectivity index (χ2n) is 6.65. The number of hydrogen-bond acceptors (Lipinski definition) is 4. The zero-order chi connectivity index (χ0) is 17.8. The second-order valence-corrected chi connectivity index (χ2v) is 6.65. The largest absolute Gasteiger partial charge is 0.467 e. The van der Waals surface area contributed by atoms with Crippen LogP contribution in [0.1, 0.15) is 48.0 Å². The quantitative estimate of drug-likeness (QED) is 0.783. The van der Waals surface area contributed by atoms with Crippen LogP contribution in [0.4, 0.5) is 0 Å². The molecular formula is C19H24N2O4. The molecule has 6 heteroatoms. The molecule has 2 aliphatic heterocycles. The SMILES string of the molecule is COC(=O)C1CCCCN1C(=O)c1cccc(CN2CCCC2=O)c1. The topological polar surface area (TPSA) is 66.9 Å². The third kappa shape index (κ3) is 3.83. The third-order valence-corrected chi connectivity index (χ3v) is 4.96. The average Bonchev–Trinajstić information content (AvgIpc) is 3.05. The van der Waals surface area contributed by atoms with Crippen molar-refractivity contribution in [3.05, 3.63) is 35.4 Å². The second kappa shape index (κ2) is 7.68. The molecule has 2 aliphatic rings. The molecule has 25 heavy (non-hydrogen) atoms. The number of carbonyl (C=O) groups is 3. The minimum atomic E-state index is -0.505. The maximum absolute atomic E-state index is 12.9. The van der Waals surface area contributed by atoms with Gasteiger partial charge >= 0.3 is 5.97 Å². The summed E-state index contributed by atoms with van der Waals surface area (Å²) < 4.78 is 4.85. The predicted molar refractivity (Wildman–Crippen MR) is 91.8 cm³/mol. The van der Waals surface area contributed by atoms with Gasteiger partial charge in [0.05, 0.1) is 7.11 Å². The Balaban J connectivity index is 1.76. The summed E-state index contributed by atoms with van der Waals surface area (Å²) in [5.74, 6) is -0.338. The van der Waals surface area contributed by atoms with E-state index in [0.717, 1.165) is 31.4 Å². The highest BCUT2D eigenvalue weighted by atomic mass is 16.5. The van der Waals surface area contributed by atoms with E-state index in [2.05, 4.69) is 0 Å². The number of esters is 1. The van der Waals surface area contributed by atoms with Gasteiger partial charge in [-0.2, -0.15) is 0 Å². The summed E-state index contributed by atoms with van der Waals surface area (Å²) in [5, 5.41) is 0. The van der Waals surface area contributed by atoms with Crippen molar-refractivity contribution >= 4 is 17.8 Å². The van der Waals surface area contributed by atoms with E-state index < -0.39 is 6.04 Å². The predicted octanol–water partition coefficient (Wildman–Crippen LogP) is 1.98. The van der Waals surface area contributed by atoms with Crippen LogP contribution in [0, 0.1) is 0 Å². The molecule has 2 saturated heterocycles. The molecule has 1 unspecified atom stereocenters. The fourth-order valence-electron chi connectivity index (χ4n) is 3.62. The van der Waals surface area contributed by atoms with Crippen LogP contribution >= 0.6 is 0 Å². The molecule has 0 bridgehead atoms. The molecule has 2 heterocycles. The van der Waals surface area contributed by atoms with Crippen molar-refractivity contribution < 1.29 is 19.1 Å². The Morgan fingerprint density at radius 2 is 2.04 bits per heavy atom. The first-order valence-electron chi connectivity index (χ1n) is 8.85. The van der Waals surface area contributed by atoms with Crippen LogP contribution in [0.15, 0.2) is 24.3 Å². The molecule has 0 aromatic heterocycles. The van der Waals surface area contributed by atoms with Crippen LogP contribution in [0.2, 0.25) is 0 Å². The monoisotopic (exact) mass is 344 g/mol. The number of methoxy groups -OCH3 is 1. The maximum Gasteiger partial charge on any atom is 0.328 e. The number of likely N-dealkylation sites (tertiary alicyclic amines) is 2. The van der Waals surface area contributed by atoms with E-state index in [9.17, 15) is 14.4 Å². The fourth-order valence-corrected chi connectivity index (χ4v) is 3.62. The smallest absolute Gasteiger partial charge is 0.328 e. The van der Waals surface area contributed by atoms with Crippen LogP contribution in [0.5, 0.6) is 0 Å². The summed E-state index contributed by atoms with van der Waals surface area (Å²) in [6.07, 6.45) is 3.95. The van der Waals surface area contributed by atoms with Gasteiger partial charge in [0.15, 0.2) is 0 Å². The van der Waals surface area contributed by atoms with Crippen molar-refractivity contribution in [3.63, 3.8) is 0 Å². The molecule has 2 fully saturated rings. The van der Waals surface area contributed by atoms with Crippen LogP contribution in [-0.4, -0.2) is 53.8 Å². The van der Waals surface area contributed by atoms with E-state index in [1.807, 2.05) is 23.1 Å². The lowest BCUT2D eigenvalue weighted by Crippen LogP contribution is -2.48. The van der Waals surface area contributed by atoms with Gasteiger partial charge in [-0.15, -0.1) is 0 Å². The first kappa shape index (κ1) is 17.5. The van der Waals surface area contributed by atoms with E-state index in [1.165, 1.54) is 7.11 Å². The van der Waals surface area contributed by atoms with Crippen molar-refractivity contribution in [2.24, 2.45) is 0 Å². The van der Waals surface area contributed by atoms with E-state index in [1.54, 1.807) is 11.0 Å². The van der Waals surface area contributed by atoms with Gasteiger partial charge < -0.3 is 14.5 Å². The minimum Gasteiger partial charge on any atom is -0.467 e. The van der Waals surface area contributed by atoms with Crippen molar-refractivity contribution in [1.29, 1.82) is 0 Å². The molecule has 0 spiro atoms. The first-order chi connectivity index (χ1) is 12.1. The standard InChI is InChI=1S/C19H24N2O4/c1-25-19(24)16-8-2-3-11-21(16)18(23)15-7-4-6-14(12-15)13-20-10-5-9-17(20)22/h4,6-7,12,16H,2-3,5,8-11,13H2,1H3. The van der Waals surface area contributed by atoms with Gasteiger partial charge in [0, 0.05) is 31.6 Å². The van der Waals surface area contributed by atoms with Crippen molar-refractivity contribution in [2.45, 2.75) is 44.7 Å². The van der Waals surface area contributed by atoms with Gasteiger partial charge in [0.1, 0.15) is 6.04 Å². The summed E-state index contributed by atoms with van der Waals surface area (Å²) in [6.45, 7) is 1.86. The normalized spacial score (nSPS) is 20.7. The van der Waals surface area contributed by atoms with Crippen LogP contribution in [0.3, 0.4) is 0 Å². The first-order valence-corrected chi connectivity index (χ1v) is 8.85. The average molecular weight is 344 g/mol. The molecule has 0 aliphatic carbocycles. The Morgan fingerprint density at radius 3 is 2.76 bits per heavy atom. The highest BCUT2D eigenvalue weighted by Crippen LogP contribution is 2.22. The van der Waals surface area contributed by atoms with Crippen LogP contribution in [0.25, 0.3) is 0 Å². The highest BCUT2D eigenvalue weighted by Gasteiger charge is 2.33. The van der Waals surface area contributed by atoms with Crippen LogP contribution < -0.4 is 0 Å². The van der Waals surface area contributed by atoms with Gasteiger partial charge in [-0.3, -0.25) is 9.59 Å². The molecule has 1 aromatic rings. The maximum atomic E-state index is 12.9. The lowest BCUT2D eigenvalue weighted by Gasteiger charge is -2.33. The molecule has 6 nitrogen and oxygen atoms in total. The summed E-state index contributed by atoms with van der Waals surface area (Å²) in [6, 6.07) is 6.85. The summed E-state index contributed by atoms with van der Waals surface area (Å²) >= 11 is 0. The number of carbonyl (C=O) groups excluding carboxylic acids is 3. The molecule has 0 N–H and O–H groups in total. The Kier molecular flexibility index (Phi) is 5.36. The Labute approximate surface area is 147 Å². The van der Waals surface area contributed by atoms with Crippen molar-refractivity contribution in [1.82, 2.24) is 9.80 Å². The van der Waals surface area contributed by atoms with Gasteiger partial charge in [-0.25, -0.2) is 4.79 Å². The highest BCUT2D eigenvalue weighted by molar-refractivity contribution is 5.97. The zero-order valence-corrected chi connectivity index (χ0v) is 14.6. The summed E-state index contributed by atoms with van der Waals surface area (Å²) in [5.41, 5.74) is 1.49. The third-order valence-electron chi connectivity index (χ3n) is 4.96.